The molecule has 0 amide bonds. The van der Waals surface area contributed by atoms with Crippen molar-refractivity contribution in [3.05, 3.63) is 86.4 Å². The van der Waals surface area contributed by atoms with E-state index in [1.807, 2.05) is 25.1 Å². The highest BCUT2D eigenvalue weighted by molar-refractivity contribution is 9.10. The number of nitrogens with one attached hydrogen (secondary N) is 1. The van der Waals surface area contributed by atoms with E-state index in [4.69, 9.17) is 4.52 Å². The Balaban J connectivity index is 1.64. The van der Waals surface area contributed by atoms with Gasteiger partial charge in [-0.1, -0.05) is 29.4 Å². The highest BCUT2D eigenvalue weighted by atomic mass is 79.9. The third-order valence-corrected chi connectivity index (χ3v) is 6.55. The molecule has 152 valence electrons. The number of phenols is 1. The van der Waals surface area contributed by atoms with Crippen LogP contribution >= 0.6 is 15.9 Å². The van der Waals surface area contributed by atoms with E-state index in [0.29, 0.717) is 33.6 Å². The summed E-state index contributed by atoms with van der Waals surface area (Å²) in [5.41, 5.74) is 4.17. The lowest BCUT2D eigenvalue weighted by Crippen LogP contribution is -2.29. The number of aromatic hydroxyl groups is 1. The van der Waals surface area contributed by atoms with E-state index >= 15 is 0 Å². The molecular formula is C23H18BrFN2O3. The number of ketones is 1. The summed E-state index contributed by atoms with van der Waals surface area (Å²) in [6.45, 7) is 1.82. The predicted octanol–water partition coefficient (Wildman–Crippen LogP) is 5.55. The van der Waals surface area contributed by atoms with Gasteiger partial charge in [-0.05, 0) is 58.6 Å². The summed E-state index contributed by atoms with van der Waals surface area (Å²) < 4.78 is 20.2. The molecule has 1 aromatic heterocycles. The van der Waals surface area contributed by atoms with Gasteiger partial charge in [-0.3, -0.25) is 4.79 Å². The molecule has 5 nitrogen and oxygen atoms in total. The fraction of sp³-hybridized carbons (Fsp3) is 0.217. The van der Waals surface area contributed by atoms with Crippen LogP contribution in [0.1, 0.15) is 47.1 Å². The standard InChI is InChI=1S/C23H18BrFN2O3/c1-11-20-21(12-6-7-15(24)16(25)8-12)22-17(26-23(20)30-27-11)9-13(10-19(22)29)14-4-2-3-5-18(14)28/h2-8,13,21,26,28H,9-10H2,1H3/t13-,21+/m1/s1. The van der Waals surface area contributed by atoms with Gasteiger partial charge in [0.1, 0.15) is 11.6 Å². The first kappa shape index (κ1) is 19.1. The maximum absolute atomic E-state index is 14.4. The Labute approximate surface area is 180 Å². The molecule has 0 unspecified atom stereocenters. The third-order valence-electron chi connectivity index (χ3n) is 5.91. The van der Waals surface area contributed by atoms with Crippen molar-refractivity contribution in [1.29, 1.82) is 0 Å². The Bertz CT molecular complexity index is 1220. The number of para-hydroxylation sites is 1. The second kappa shape index (κ2) is 7.09. The molecule has 0 radical (unpaired) electrons. The van der Waals surface area contributed by atoms with Gasteiger partial charge >= 0.3 is 0 Å². The molecule has 2 heterocycles. The largest absolute Gasteiger partial charge is 0.508 e. The number of carbonyl (C=O) groups is 1. The van der Waals surface area contributed by atoms with Crippen LogP contribution in [0.4, 0.5) is 10.3 Å². The summed E-state index contributed by atoms with van der Waals surface area (Å²) in [5, 5.41) is 17.6. The number of hydrogen-bond donors (Lipinski definition) is 2. The molecule has 0 fully saturated rings. The molecule has 1 aliphatic heterocycles. The predicted molar refractivity (Wildman–Crippen MR) is 113 cm³/mol. The summed E-state index contributed by atoms with van der Waals surface area (Å²) in [7, 11) is 0. The van der Waals surface area contributed by atoms with E-state index in [1.165, 1.54) is 6.07 Å². The molecule has 0 saturated heterocycles. The fourth-order valence-electron chi connectivity index (χ4n) is 4.55. The Morgan fingerprint density at radius 2 is 2.03 bits per heavy atom. The lowest BCUT2D eigenvalue weighted by Gasteiger charge is -2.34. The fourth-order valence-corrected chi connectivity index (χ4v) is 4.80. The van der Waals surface area contributed by atoms with Gasteiger partial charge in [0.15, 0.2) is 5.78 Å². The first-order valence-electron chi connectivity index (χ1n) is 9.66. The zero-order chi connectivity index (χ0) is 21.0. The molecule has 7 heteroatoms. The molecule has 0 bridgehead atoms. The number of phenolic OH excluding ortho intramolecular Hbond substituents is 1. The molecule has 3 aromatic rings. The van der Waals surface area contributed by atoms with E-state index in [-0.39, 0.29) is 29.7 Å². The maximum atomic E-state index is 14.4. The number of hydrogen-bond acceptors (Lipinski definition) is 5. The minimum Gasteiger partial charge on any atom is -0.508 e. The lowest BCUT2D eigenvalue weighted by molar-refractivity contribution is -0.116. The number of fused-ring (bicyclic) bond motifs is 1. The van der Waals surface area contributed by atoms with E-state index < -0.39 is 5.92 Å². The molecule has 2 aliphatic rings. The molecule has 5 rings (SSSR count). The zero-order valence-corrected chi connectivity index (χ0v) is 17.7. The van der Waals surface area contributed by atoms with Gasteiger partial charge < -0.3 is 14.9 Å². The van der Waals surface area contributed by atoms with E-state index in [2.05, 4.69) is 26.4 Å². The van der Waals surface area contributed by atoms with Gasteiger partial charge in [-0.25, -0.2) is 4.39 Å². The Morgan fingerprint density at radius 3 is 2.80 bits per heavy atom. The maximum Gasteiger partial charge on any atom is 0.233 e. The highest BCUT2D eigenvalue weighted by Crippen LogP contribution is 2.49. The number of aryl methyl sites for hydroxylation is 1. The van der Waals surface area contributed by atoms with Gasteiger partial charge in [-0.2, -0.15) is 0 Å². The van der Waals surface area contributed by atoms with Crippen LogP contribution in [-0.2, 0) is 4.79 Å². The number of Topliss-reactive ketones (excluding diaryl/α,β-unsaturated/α-hetero) is 1. The second-order valence-electron chi connectivity index (χ2n) is 7.72. The van der Waals surface area contributed by atoms with Crippen LogP contribution in [-0.4, -0.2) is 16.0 Å². The SMILES string of the molecule is Cc1noc2c1[C@H](c1ccc(Br)c(F)c1)C1=C(C[C@@H](c3ccccc3O)CC1=O)N2. The van der Waals surface area contributed by atoms with Gasteiger partial charge in [0.25, 0.3) is 0 Å². The van der Waals surface area contributed by atoms with Crippen LogP contribution in [0.15, 0.2) is 62.7 Å². The first-order valence-corrected chi connectivity index (χ1v) is 10.5. The minimum atomic E-state index is -0.456. The number of allylic oxidation sites excluding steroid dienone is 2. The van der Waals surface area contributed by atoms with Crippen molar-refractivity contribution >= 4 is 27.6 Å². The van der Waals surface area contributed by atoms with Crippen LogP contribution in [0.5, 0.6) is 5.75 Å². The van der Waals surface area contributed by atoms with Crippen molar-refractivity contribution in [2.24, 2.45) is 0 Å². The molecule has 2 atom stereocenters. The average Bonchev–Trinajstić information content (AvgIpc) is 3.09. The number of nitrogens with zero attached hydrogens (tertiary/aromatic N) is 1. The van der Waals surface area contributed by atoms with E-state index in [9.17, 15) is 14.3 Å². The van der Waals surface area contributed by atoms with Gasteiger partial charge in [0, 0.05) is 29.5 Å². The molecule has 0 spiro atoms. The minimum absolute atomic E-state index is 0.0309. The summed E-state index contributed by atoms with van der Waals surface area (Å²) in [4.78, 5) is 13.4. The molecule has 2 N–H and O–H groups in total. The number of anilines is 1. The number of benzene rings is 2. The van der Waals surface area contributed by atoms with Crippen molar-refractivity contribution in [2.75, 3.05) is 5.32 Å². The number of aromatic nitrogens is 1. The Hall–Kier alpha value is -2.93. The number of carbonyl (C=O) groups excluding carboxylic acids is 1. The van der Waals surface area contributed by atoms with Crippen molar-refractivity contribution in [3.8, 4) is 5.75 Å². The van der Waals surface area contributed by atoms with Gasteiger partial charge in [0.2, 0.25) is 5.88 Å². The summed E-state index contributed by atoms with van der Waals surface area (Å²) in [5.74, 6) is -0.375. The highest BCUT2D eigenvalue weighted by Gasteiger charge is 2.41. The van der Waals surface area contributed by atoms with Crippen LogP contribution < -0.4 is 5.32 Å². The molecule has 0 saturated carbocycles. The first-order chi connectivity index (χ1) is 14.4. The monoisotopic (exact) mass is 468 g/mol. The number of rotatable bonds is 2. The Morgan fingerprint density at radius 1 is 1.23 bits per heavy atom. The second-order valence-corrected chi connectivity index (χ2v) is 8.58. The summed E-state index contributed by atoms with van der Waals surface area (Å²) >= 11 is 3.19. The van der Waals surface area contributed by atoms with E-state index in [1.54, 1.807) is 18.2 Å². The quantitative estimate of drug-likeness (QED) is 0.515. The van der Waals surface area contributed by atoms with Crippen molar-refractivity contribution in [1.82, 2.24) is 5.16 Å². The van der Waals surface area contributed by atoms with Gasteiger partial charge in [0.05, 0.1) is 15.7 Å². The van der Waals surface area contributed by atoms with Crippen LogP contribution in [0, 0.1) is 12.7 Å². The van der Waals surface area contributed by atoms with Crippen molar-refractivity contribution < 1.29 is 18.8 Å². The zero-order valence-electron chi connectivity index (χ0n) is 16.1. The van der Waals surface area contributed by atoms with Gasteiger partial charge in [-0.15, -0.1) is 0 Å². The summed E-state index contributed by atoms with van der Waals surface area (Å²) in [6, 6.07) is 12.0. The van der Waals surface area contributed by atoms with Crippen molar-refractivity contribution in [3.63, 3.8) is 0 Å². The topological polar surface area (TPSA) is 75.4 Å². The molecule has 2 aromatic carbocycles. The normalized spacial score (nSPS) is 20.6. The van der Waals surface area contributed by atoms with Crippen molar-refractivity contribution in [2.45, 2.75) is 31.6 Å². The van der Waals surface area contributed by atoms with Crippen LogP contribution in [0.2, 0.25) is 0 Å². The molecule has 30 heavy (non-hydrogen) atoms. The molecule has 1 aliphatic carbocycles. The van der Waals surface area contributed by atoms with E-state index in [0.717, 1.165) is 16.8 Å². The Kier molecular flexibility index (Phi) is 4.50. The lowest BCUT2D eigenvalue weighted by atomic mass is 9.72. The smallest absolute Gasteiger partial charge is 0.233 e. The van der Waals surface area contributed by atoms with Crippen LogP contribution in [0.3, 0.4) is 0 Å². The third kappa shape index (κ3) is 2.96. The molecular weight excluding hydrogens is 451 g/mol. The summed E-state index contributed by atoms with van der Waals surface area (Å²) in [6.07, 6.45) is 0.806. The average molecular weight is 469 g/mol. The number of halogens is 2. The van der Waals surface area contributed by atoms with Crippen LogP contribution in [0.25, 0.3) is 0 Å².